The lowest BCUT2D eigenvalue weighted by atomic mass is 9.94. The minimum atomic E-state index is -0.252. The number of hydrogen-bond acceptors (Lipinski definition) is 6. The summed E-state index contributed by atoms with van der Waals surface area (Å²) in [6.07, 6.45) is 3.59. The molecule has 138 valence electrons. The molecule has 0 radical (unpaired) electrons. The first kappa shape index (κ1) is 17.4. The average Bonchev–Trinajstić information content (AvgIpc) is 3.34. The summed E-state index contributed by atoms with van der Waals surface area (Å²) in [5, 5.41) is 6.33. The van der Waals surface area contributed by atoms with Crippen molar-refractivity contribution in [3.05, 3.63) is 34.8 Å². The van der Waals surface area contributed by atoms with Crippen LogP contribution in [0.4, 0.5) is 0 Å². The third-order valence-electron chi connectivity index (χ3n) is 5.32. The van der Waals surface area contributed by atoms with Gasteiger partial charge in [0, 0.05) is 29.0 Å². The van der Waals surface area contributed by atoms with Gasteiger partial charge in [0.2, 0.25) is 11.8 Å². The Labute approximate surface area is 155 Å². The fourth-order valence-corrected chi connectivity index (χ4v) is 5.31. The van der Waals surface area contributed by atoms with Gasteiger partial charge >= 0.3 is 0 Å². The van der Waals surface area contributed by atoms with E-state index in [0.29, 0.717) is 31.6 Å². The Morgan fingerprint density at radius 2 is 2.38 bits per heavy atom. The van der Waals surface area contributed by atoms with Crippen LogP contribution in [-0.2, 0) is 20.9 Å². The Morgan fingerprint density at radius 1 is 1.54 bits per heavy atom. The summed E-state index contributed by atoms with van der Waals surface area (Å²) in [4.78, 5) is 38.2. The minimum Gasteiger partial charge on any atom is -0.467 e. The van der Waals surface area contributed by atoms with Crippen molar-refractivity contribution >= 4 is 29.9 Å². The van der Waals surface area contributed by atoms with Gasteiger partial charge in [-0.3, -0.25) is 14.4 Å². The van der Waals surface area contributed by atoms with Gasteiger partial charge in [-0.2, -0.15) is 0 Å². The van der Waals surface area contributed by atoms with Gasteiger partial charge in [0.15, 0.2) is 6.29 Å². The number of aldehydes is 1. The number of fused-ring (bicyclic) bond motifs is 1. The van der Waals surface area contributed by atoms with E-state index in [2.05, 4.69) is 17.6 Å². The molecule has 4 atom stereocenters. The van der Waals surface area contributed by atoms with Crippen LogP contribution >= 0.6 is 11.8 Å². The Hall–Kier alpha value is -2.06. The third kappa shape index (κ3) is 2.97. The normalized spacial score (nSPS) is 30.3. The van der Waals surface area contributed by atoms with Gasteiger partial charge in [0.05, 0.1) is 30.6 Å². The Kier molecular flexibility index (Phi) is 4.62. The van der Waals surface area contributed by atoms with Gasteiger partial charge in [-0.25, -0.2) is 0 Å². The fraction of sp³-hybridized carbons (Fsp3) is 0.500. The highest BCUT2D eigenvalue weighted by molar-refractivity contribution is 8.03. The molecule has 2 amide bonds. The van der Waals surface area contributed by atoms with Crippen molar-refractivity contribution in [2.24, 2.45) is 5.92 Å². The van der Waals surface area contributed by atoms with Gasteiger partial charge in [-0.05, 0) is 18.6 Å². The number of allylic oxidation sites excluding steroid dienone is 1. The molecule has 0 spiro atoms. The lowest BCUT2D eigenvalue weighted by Gasteiger charge is -2.37. The number of nitrogens with one attached hydrogen (secondary N) is 2. The van der Waals surface area contributed by atoms with Crippen molar-refractivity contribution in [1.82, 2.24) is 15.5 Å². The molecule has 7 nitrogen and oxygen atoms in total. The fourth-order valence-electron chi connectivity index (χ4n) is 3.85. The van der Waals surface area contributed by atoms with E-state index in [0.717, 1.165) is 17.0 Å². The maximum Gasteiger partial charge on any atom is 0.237 e. The maximum atomic E-state index is 12.3. The Morgan fingerprint density at radius 3 is 3.08 bits per heavy atom. The second kappa shape index (κ2) is 6.92. The molecule has 1 aromatic rings. The highest BCUT2D eigenvalue weighted by Gasteiger charge is 2.50. The van der Waals surface area contributed by atoms with Gasteiger partial charge in [0.1, 0.15) is 5.76 Å². The van der Waals surface area contributed by atoms with Crippen molar-refractivity contribution in [2.45, 2.75) is 43.6 Å². The lowest BCUT2D eigenvalue weighted by molar-refractivity contribution is -0.143. The highest BCUT2D eigenvalue weighted by atomic mass is 32.2. The Balaban J connectivity index is 1.34. The molecule has 2 fully saturated rings. The van der Waals surface area contributed by atoms with Crippen LogP contribution in [0.2, 0.25) is 0 Å². The topological polar surface area (TPSA) is 91.7 Å². The van der Waals surface area contributed by atoms with Crippen LogP contribution in [0, 0.1) is 5.92 Å². The van der Waals surface area contributed by atoms with Crippen molar-refractivity contribution in [2.75, 3.05) is 6.54 Å². The second-order valence-electron chi connectivity index (χ2n) is 6.92. The molecule has 0 saturated carbocycles. The average molecular weight is 375 g/mol. The quantitative estimate of drug-likeness (QED) is 0.570. The van der Waals surface area contributed by atoms with Crippen LogP contribution in [0.25, 0.3) is 0 Å². The molecule has 0 aromatic carbocycles. The molecule has 2 saturated heterocycles. The molecule has 2 unspecified atom stereocenters. The minimum absolute atomic E-state index is 0.0271. The molecule has 3 aliphatic heterocycles. The molecule has 1 aromatic heterocycles. The summed E-state index contributed by atoms with van der Waals surface area (Å²) in [7, 11) is 0. The summed E-state index contributed by atoms with van der Waals surface area (Å²) in [6, 6.07) is 3.49. The van der Waals surface area contributed by atoms with E-state index in [4.69, 9.17) is 4.42 Å². The zero-order valence-corrected chi connectivity index (χ0v) is 15.3. The number of amides is 2. The third-order valence-corrected chi connectivity index (χ3v) is 6.84. The predicted octanol–water partition coefficient (Wildman–Crippen LogP) is 1.02. The van der Waals surface area contributed by atoms with Crippen molar-refractivity contribution < 1.29 is 18.8 Å². The first-order valence-electron chi connectivity index (χ1n) is 8.80. The number of hydrogen-bond donors (Lipinski definition) is 2. The lowest BCUT2D eigenvalue weighted by Crippen LogP contribution is -2.50. The number of β-lactam (4-membered cyclic amide) rings is 1. The van der Waals surface area contributed by atoms with E-state index in [9.17, 15) is 14.4 Å². The monoisotopic (exact) mass is 375 g/mol. The summed E-state index contributed by atoms with van der Waals surface area (Å²) in [6.45, 7) is 3.14. The highest BCUT2D eigenvalue weighted by Crippen LogP contribution is 2.48. The van der Waals surface area contributed by atoms with Crippen LogP contribution in [0.15, 0.2) is 33.4 Å². The standard InChI is InChI=1S/C18H21N3O4S/c1-10-14-6-16(23)21(14)15(9-22)17(10)26-12-5-13(19-8-12)18(24)20-7-11-3-2-4-25-11/h2-4,9-10,12-14,19H,5-8H2,1H3,(H,20,24)/t10?,12-,13-,14?/m0/s1. The van der Waals surface area contributed by atoms with E-state index in [1.165, 1.54) is 0 Å². The summed E-state index contributed by atoms with van der Waals surface area (Å²) < 4.78 is 5.22. The zero-order valence-electron chi connectivity index (χ0n) is 14.4. The molecular formula is C18H21N3O4S. The second-order valence-corrected chi connectivity index (χ2v) is 8.27. The van der Waals surface area contributed by atoms with E-state index < -0.39 is 0 Å². The van der Waals surface area contributed by atoms with E-state index in [1.807, 2.05) is 6.07 Å². The van der Waals surface area contributed by atoms with E-state index in [-0.39, 0.29) is 35.1 Å². The molecule has 26 heavy (non-hydrogen) atoms. The van der Waals surface area contributed by atoms with Crippen LogP contribution in [0.3, 0.4) is 0 Å². The van der Waals surface area contributed by atoms with Crippen LogP contribution in [0.5, 0.6) is 0 Å². The molecule has 4 rings (SSSR count). The smallest absolute Gasteiger partial charge is 0.237 e. The van der Waals surface area contributed by atoms with Crippen molar-refractivity contribution in [3.63, 3.8) is 0 Å². The number of furan rings is 1. The molecule has 8 heteroatoms. The maximum absolute atomic E-state index is 12.3. The summed E-state index contributed by atoms with van der Waals surface area (Å²) >= 11 is 1.64. The zero-order chi connectivity index (χ0) is 18.3. The summed E-state index contributed by atoms with van der Waals surface area (Å²) in [5.74, 6) is 0.883. The molecule has 4 heterocycles. The van der Waals surface area contributed by atoms with Crippen LogP contribution < -0.4 is 10.6 Å². The first-order valence-corrected chi connectivity index (χ1v) is 9.68. The van der Waals surface area contributed by atoms with Gasteiger partial charge in [-0.15, -0.1) is 11.8 Å². The predicted molar refractivity (Wildman–Crippen MR) is 95.8 cm³/mol. The number of thioether (sulfide) groups is 1. The van der Waals surface area contributed by atoms with Crippen molar-refractivity contribution in [3.8, 4) is 0 Å². The van der Waals surface area contributed by atoms with Crippen molar-refractivity contribution in [1.29, 1.82) is 0 Å². The molecular weight excluding hydrogens is 354 g/mol. The number of carbonyl (C=O) groups excluding carboxylic acids is 3. The Bertz CT molecular complexity index is 760. The first-order chi connectivity index (χ1) is 12.6. The molecule has 0 bridgehead atoms. The number of carbonyl (C=O) groups is 3. The molecule has 3 aliphatic rings. The SMILES string of the molecule is CC1C(S[C@@H]2CN[C@H](C(=O)NCc3ccco3)C2)=C(C=O)N2C(=O)CC12. The number of nitrogens with zero attached hydrogens (tertiary/aromatic N) is 1. The molecule has 2 N–H and O–H groups in total. The van der Waals surface area contributed by atoms with Gasteiger partial charge in [0.25, 0.3) is 0 Å². The van der Waals surface area contributed by atoms with Gasteiger partial charge in [-0.1, -0.05) is 6.92 Å². The van der Waals surface area contributed by atoms with Crippen LogP contribution in [0.1, 0.15) is 25.5 Å². The van der Waals surface area contributed by atoms with Gasteiger partial charge < -0.3 is 20.0 Å². The summed E-state index contributed by atoms with van der Waals surface area (Å²) in [5.41, 5.74) is 0.523. The van der Waals surface area contributed by atoms with E-state index >= 15 is 0 Å². The molecule has 0 aliphatic carbocycles. The van der Waals surface area contributed by atoms with E-state index in [1.54, 1.807) is 29.0 Å². The number of rotatable bonds is 6. The van der Waals surface area contributed by atoms with Crippen LogP contribution in [-0.4, -0.2) is 46.9 Å². The largest absolute Gasteiger partial charge is 0.467 e.